The van der Waals surface area contributed by atoms with Crippen molar-refractivity contribution in [2.75, 3.05) is 3.53 Å². The van der Waals surface area contributed by atoms with Crippen molar-refractivity contribution in [3.63, 3.8) is 0 Å². The lowest BCUT2D eigenvalue weighted by Gasteiger charge is -1.98. The van der Waals surface area contributed by atoms with E-state index in [0.29, 0.717) is 0 Å². The Morgan fingerprint density at radius 3 is 2.89 bits per heavy atom. The first-order chi connectivity index (χ1) is 4.34. The van der Waals surface area contributed by atoms with E-state index in [9.17, 15) is 0 Å². The maximum Gasteiger partial charge on any atom is 0.137 e. The molecule has 48 valence electrons. The van der Waals surface area contributed by atoms with E-state index in [-0.39, 0.29) is 0 Å². The lowest BCUT2D eigenvalue weighted by molar-refractivity contribution is 1.29. The van der Waals surface area contributed by atoms with E-state index in [4.69, 9.17) is 0 Å². The minimum atomic E-state index is 0.943. The van der Waals surface area contributed by atoms with Gasteiger partial charge < -0.3 is 3.53 Å². The van der Waals surface area contributed by atoms with Gasteiger partial charge in [0.15, 0.2) is 0 Å². The van der Waals surface area contributed by atoms with Gasteiger partial charge in [-0.15, -0.1) is 0 Å². The number of anilines is 1. The van der Waals surface area contributed by atoms with Crippen LogP contribution in [0.3, 0.4) is 0 Å². The van der Waals surface area contributed by atoms with Crippen LogP contribution in [0, 0.1) is 6.92 Å². The molecule has 1 aromatic rings. The van der Waals surface area contributed by atoms with Gasteiger partial charge in [0.25, 0.3) is 0 Å². The molecule has 0 aromatic carbocycles. The third-order valence-corrected chi connectivity index (χ3v) is 1.61. The highest BCUT2D eigenvalue weighted by Crippen LogP contribution is 2.09. The normalized spacial score (nSPS) is 9.11. The quantitative estimate of drug-likeness (QED) is 0.594. The molecule has 3 heteroatoms. The summed E-state index contributed by atoms with van der Waals surface area (Å²) in [6.07, 6.45) is 1.77. The van der Waals surface area contributed by atoms with Gasteiger partial charge in [-0.3, -0.25) is 0 Å². The molecule has 9 heavy (non-hydrogen) atoms. The molecule has 1 heterocycles. The molecule has 2 nitrogen and oxygen atoms in total. The number of halogens is 1. The molecule has 0 saturated heterocycles. The zero-order chi connectivity index (χ0) is 6.69. The van der Waals surface area contributed by atoms with Gasteiger partial charge in [0, 0.05) is 6.20 Å². The van der Waals surface area contributed by atoms with Crippen LogP contribution in [0.25, 0.3) is 0 Å². The first-order valence-corrected chi connectivity index (χ1v) is 3.70. The summed E-state index contributed by atoms with van der Waals surface area (Å²) >= 11 is 2.07. The molecule has 0 bridgehead atoms. The van der Waals surface area contributed by atoms with Gasteiger partial charge in [-0.05, 0) is 18.6 Å². The highest BCUT2D eigenvalue weighted by atomic mass is 127. The van der Waals surface area contributed by atoms with Crippen LogP contribution in [0.2, 0.25) is 0 Å². The smallest absolute Gasteiger partial charge is 0.137 e. The number of aryl methyl sites for hydroxylation is 1. The Labute approximate surface area is 68.2 Å². The van der Waals surface area contributed by atoms with Crippen molar-refractivity contribution in [3.05, 3.63) is 23.9 Å². The van der Waals surface area contributed by atoms with Crippen LogP contribution in [-0.4, -0.2) is 4.98 Å². The molecule has 0 saturated carbocycles. The molecule has 1 rings (SSSR count). The molecule has 0 aliphatic carbocycles. The zero-order valence-corrected chi connectivity index (χ0v) is 7.21. The minimum absolute atomic E-state index is 0.943. The van der Waals surface area contributed by atoms with Crippen LogP contribution in [0.15, 0.2) is 18.3 Å². The van der Waals surface area contributed by atoms with Crippen LogP contribution in [0.4, 0.5) is 5.82 Å². The molecule has 0 aliphatic heterocycles. The molecule has 0 unspecified atom stereocenters. The van der Waals surface area contributed by atoms with E-state index in [2.05, 4.69) is 31.4 Å². The third kappa shape index (κ3) is 1.54. The fourth-order valence-electron chi connectivity index (χ4n) is 0.585. The fraction of sp³-hybridized carbons (Fsp3) is 0.167. The highest BCUT2D eigenvalue weighted by Gasteiger charge is 1.91. The first-order valence-electron chi connectivity index (χ1n) is 2.63. The Balaban J connectivity index is 3.01. The van der Waals surface area contributed by atoms with Crippen molar-refractivity contribution >= 4 is 28.7 Å². The van der Waals surface area contributed by atoms with Crippen molar-refractivity contribution in [2.24, 2.45) is 0 Å². The highest BCUT2D eigenvalue weighted by molar-refractivity contribution is 14.1. The largest absolute Gasteiger partial charge is 0.313 e. The zero-order valence-electron chi connectivity index (χ0n) is 5.06. The van der Waals surface area contributed by atoms with Crippen molar-refractivity contribution < 1.29 is 0 Å². The standard InChI is InChI=1S/C6H7IN2/c1-5-3-2-4-8-6(5)9-7/h2-4H,1H3,(H,8,9). The van der Waals surface area contributed by atoms with Crippen molar-refractivity contribution in [2.45, 2.75) is 6.92 Å². The molecule has 0 fully saturated rings. The predicted octanol–water partition coefficient (Wildman–Crippen LogP) is 2.15. The van der Waals surface area contributed by atoms with Gasteiger partial charge >= 0.3 is 0 Å². The van der Waals surface area contributed by atoms with Gasteiger partial charge in [-0.25, -0.2) is 4.98 Å². The van der Waals surface area contributed by atoms with Crippen LogP contribution < -0.4 is 3.53 Å². The second-order valence-electron chi connectivity index (χ2n) is 1.76. The number of nitrogens with zero attached hydrogens (tertiary/aromatic N) is 1. The van der Waals surface area contributed by atoms with E-state index in [0.717, 1.165) is 5.82 Å². The lowest BCUT2D eigenvalue weighted by atomic mass is 10.3. The Hall–Kier alpha value is -0.320. The summed E-state index contributed by atoms with van der Waals surface area (Å²) in [4.78, 5) is 4.08. The molecule has 0 aliphatic rings. The molecule has 0 atom stereocenters. The summed E-state index contributed by atoms with van der Waals surface area (Å²) in [7, 11) is 0. The summed E-state index contributed by atoms with van der Waals surface area (Å²) in [5.74, 6) is 0.943. The second kappa shape index (κ2) is 3.00. The molecule has 1 N–H and O–H groups in total. The summed E-state index contributed by atoms with van der Waals surface area (Å²) in [5, 5.41) is 0. The number of rotatable bonds is 1. The third-order valence-electron chi connectivity index (χ3n) is 1.10. The van der Waals surface area contributed by atoms with E-state index < -0.39 is 0 Å². The van der Waals surface area contributed by atoms with Gasteiger partial charge in [0.2, 0.25) is 0 Å². The summed E-state index contributed by atoms with van der Waals surface area (Å²) in [6, 6.07) is 3.95. The van der Waals surface area contributed by atoms with Crippen LogP contribution in [0.5, 0.6) is 0 Å². The lowest BCUT2D eigenvalue weighted by Crippen LogP contribution is -1.86. The second-order valence-corrected chi connectivity index (χ2v) is 2.30. The van der Waals surface area contributed by atoms with Gasteiger partial charge in [-0.2, -0.15) is 0 Å². The maximum absolute atomic E-state index is 4.08. The average Bonchev–Trinajstić information content (AvgIpc) is 1.89. The van der Waals surface area contributed by atoms with Gasteiger partial charge in [0.05, 0.1) is 22.9 Å². The monoisotopic (exact) mass is 234 g/mol. The molecule has 0 spiro atoms. The first kappa shape index (κ1) is 6.80. The van der Waals surface area contributed by atoms with E-state index >= 15 is 0 Å². The Morgan fingerprint density at radius 1 is 1.67 bits per heavy atom. The number of hydrogen-bond acceptors (Lipinski definition) is 2. The topological polar surface area (TPSA) is 24.9 Å². The van der Waals surface area contributed by atoms with E-state index in [1.807, 2.05) is 19.1 Å². The number of hydrogen-bond donors (Lipinski definition) is 1. The summed E-state index contributed by atoms with van der Waals surface area (Å²) < 4.78 is 2.95. The van der Waals surface area contributed by atoms with Gasteiger partial charge in [0.1, 0.15) is 5.82 Å². The molecule has 1 aromatic heterocycles. The van der Waals surface area contributed by atoms with E-state index in [1.54, 1.807) is 6.20 Å². The minimum Gasteiger partial charge on any atom is -0.313 e. The van der Waals surface area contributed by atoms with Crippen LogP contribution >= 0.6 is 22.9 Å². The Bertz CT molecular complexity index is 200. The fourth-order valence-corrected chi connectivity index (χ4v) is 1.15. The summed E-state index contributed by atoms with van der Waals surface area (Å²) in [5.41, 5.74) is 1.17. The van der Waals surface area contributed by atoms with Crippen molar-refractivity contribution in [1.29, 1.82) is 0 Å². The summed E-state index contributed by atoms with van der Waals surface area (Å²) in [6.45, 7) is 2.02. The van der Waals surface area contributed by atoms with Crippen molar-refractivity contribution in [1.82, 2.24) is 4.98 Å². The van der Waals surface area contributed by atoms with Crippen LogP contribution in [-0.2, 0) is 0 Å². The molecule has 0 amide bonds. The predicted molar refractivity (Wildman–Crippen MR) is 46.6 cm³/mol. The maximum atomic E-state index is 4.08. The van der Waals surface area contributed by atoms with Crippen LogP contribution in [0.1, 0.15) is 5.56 Å². The van der Waals surface area contributed by atoms with Crippen molar-refractivity contribution in [3.8, 4) is 0 Å². The van der Waals surface area contributed by atoms with E-state index in [1.165, 1.54) is 5.56 Å². The molecular formula is C6H7IN2. The number of pyridine rings is 1. The average molecular weight is 234 g/mol. The Kier molecular flexibility index (Phi) is 2.27. The molecule has 0 radical (unpaired) electrons. The molecular weight excluding hydrogens is 227 g/mol. The number of nitrogens with one attached hydrogen (secondary N) is 1. The Morgan fingerprint density at radius 2 is 2.44 bits per heavy atom. The van der Waals surface area contributed by atoms with Gasteiger partial charge in [-0.1, -0.05) is 6.07 Å². The number of aromatic nitrogens is 1. The SMILES string of the molecule is Cc1cccnc1NI.